The molecule has 0 atom stereocenters. The van der Waals surface area contributed by atoms with Gasteiger partial charge in [-0.25, -0.2) is 0 Å². The molecule has 0 bridgehead atoms. The molecule has 4 aromatic rings. The van der Waals surface area contributed by atoms with Gasteiger partial charge in [0, 0.05) is 0 Å². The Balaban J connectivity index is 0.000000457. The molecule has 0 amide bonds. The van der Waals surface area contributed by atoms with Crippen LogP contribution in [0.15, 0.2) is 128 Å². The van der Waals surface area contributed by atoms with E-state index in [0.29, 0.717) is 0 Å². The van der Waals surface area contributed by atoms with Gasteiger partial charge in [0.2, 0.25) is 0 Å². The van der Waals surface area contributed by atoms with Gasteiger partial charge < -0.3 is 0 Å². The van der Waals surface area contributed by atoms with Crippen molar-refractivity contribution in [2.24, 2.45) is 0 Å². The van der Waals surface area contributed by atoms with Crippen LogP contribution in [0.4, 0.5) is 0 Å². The minimum absolute atomic E-state index is 0. The van der Waals surface area contributed by atoms with Gasteiger partial charge in [0.1, 0.15) is 0 Å². The molecule has 0 saturated carbocycles. The average Bonchev–Trinajstić information content (AvgIpc) is 2.81. The topological polar surface area (TPSA) is 0 Å². The summed E-state index contributed by atoms with van der Waals surface area (Å²) in [4.78, 5) is 0. The summed E-state index contributed by atoms with van der Waals surface area (Å²) >= 11 is 0. The first kappa shape index (κ1) is 30.6. The summed E-state index contributed by atoms with van der Waals surface area (Å²) in [6.45, 7) is 7.35. The molecular formula is C29H28K2. The van der Waals surface area contributed by atoms with Crippen molar-refractivity contribution < 1.29 is 103 Å². The predicted octanol–water partition coefficient (Wildman–Crippen LogP) is 1.69. The normalized spacial score (nSPS) is 8.52. The van der Waals surface area contributed by atoms with E-state index >= 15 is 0 Å². The van der Waals surface area contributed by atoms with Crippen molar-refractivity contribution in [1.82, 2.24) is 0 Å². The summed E-state index contributed by atoms with van der Waals surface area (Å²) in [5.74, 6) is 0. The molecule has 0 unspecified atom stereocenters. The molecule has 0 fully saturated rings. The Bertz CT molecular complexity index is 866. The van der Waals surface area contributed by atoms with E-state index in [9.17, 15) is 0 Å². The van der Waals surface area contributed by atoms with Gasteiger partial charge >= 0.3 is 103 Å². The third kappa shape index (κ3) is 15.2. The molecule has 0 spiro atoms. The Morgan fingerprint density at radius 3 is 1.42 bits per heavy atom. The molecule has 0 aliphatic heterocycles. The molecule has 2 heteroatoms. The third-order valence-corrected chi connectivity index (χ3v) is 4.09. The van der Waals surface area contributed by atoms with Gasteiger partial charge in [0.25, 0.3) is 0 Å². The Labute approximate surface area is 274 Å². The Hall–Kier alpha value is -0.367. The van der Waals surface area contributed by atoms with Crippen LogP contribution >= 0.6 is 0 Å². The van der Waals surface area contributed by atoms with E-state index in [1.54, 1.807) is 0 Å². The second-order valence-electron chi connectivity index (χ2n) is 6.40. The summed E-state index contributed by atoms with van der Waals surface area (Å²) in [5.41, 5.74) is 4.89. The first-order valence-electron chi connectivity index (χ1n) is 9.74. The molecular weight excluding hydrogens is 427 g/mol. The van der Waals surface area contributed by atoms with Gasteiger partial charge in [0.15, 0.2) is 0 Å². The molecule has 0 radical (unpaired) electrons. The van der Waals surface area contributed by atoms with Gasteiger partial charge in [-0.15, -0.1) is 24.3 Å². The molecule has 0 heterocycles. The van der Waals surface area contributed by atoms with E-state index in [0.717, 1.165) is 12.0 Å². The van der Waals surface area contributed by atoms with Crippen LogP contribution in [0.3, 0.4) is 0 Å². The van der Waals surface area contributed by atoms with Gasteiger partial charge in [-0.3, -0.25) is 0 Å². The molecule has 146 valence electrons. The Kier molecular flexibility index (Phi) is 20.0. The Morgan fingerprint density at radius 1 is 0.613 bits per heavy atom. The molecule has 4 rings (SSSR count). The van der Waals surface area contributed by atoms with E-state index in [4.69, 9.17) is 0 Å². The fraction of sp³-hybridized carbons (Fsp3) is 0.0345. The van der Waals surface area contributed by atoms with E-state index < -0.39 is 0 Å². The van der Waals surface area contributed by atoms with Crippen molar-refractivity contribution in [2.45, 2.75) is 6.42 Å². The third-order valence-electron chi connectivity index (χ3n) is 4.09. The Morgan fingerprint density at radius 2 is 1.03 bits per heavy atom. The molecule has 0 N–H and O–H groups in total. The number of benzene rings is 4. The fourth-order valence-electron chi connectivity index (χ4n) is 2.51. The minimum Gasteiger partial charge on any atom is -0.199 e. The van der Waals surface area contributed by atoms with Crippen molar-refractivity contribution in [3.05, 3.63) is 164 Å². The molecule has 0 aromatic heterocycles. The number of rotatable bonds is 4. The predicted molar refractivity (Wildman–Crippen MR) is 127 cm³/mol. The van der Waals surface area contributed by atoms with Gasteiger partial charge in [-0.2, -0.15) is 48.7 Å². The minimum atomic E-state index is 0. The van der Waals surface area contributed by atoms with Crippen LogP contribution in [0.2, 0.25) is 0 Å². The van der Waals surface area contributed by atoms with Crippen LogP contribution in [0.5, 0.6) is 0 Å². The van der Waals surface area contributed by atoms with Gasteiger partial charge in [-0.1, -0.05) is 97.4 Å². The summed E-state index contributed by atoms with van der Waals surface area (Å²) in [7, 11) is 0. The maximum Gasteiger partial charge on any atom is 1.00 e. The molecule has 0 aliphatic rings. The smallest absolute Gasteiger partial charge is 0.199 e. The van der Waals surface area contributed by atoms with E-state index in [2.05, 4.69) is 68.5 Å². The van der Waals surface area contributed by atoms with Crippen molar-refractivity contribution >= 4 is 6.08 Å². The summed E-state index contributed by atoms with van der Waals surface area (Å²) in [6.07, 6.45) is 5.08. The zero-order chi connectivity index (χ0) is 20.6. The standard InChI is InChI=1S/C14H13.C8H8.C7H7.2K/c1-3-7-13(8-4-1)11-12-14-9-5-2-6-10-14;1-2-8-6-4-3-5-7-8;1-7-5-3-2-4-6-7;;/h1-11H,12H2;2-7H,1H2;2-6H,1H2;;/q-1;;-1;2*+1. The van der Waals surface area contributed by atoms with Gasteiger partial charge in [-0.05, 0) is 5.56 Å². The summed E-state index contributed by atoms with van der Waals surface area (Å²) in [6, 6.07) is 40.8. The molecule has 0 nitrogen and oxygen atoms in total. The van der Waals surface area contributed by atoms with Gasteiger partial charge in [0.05, 0.1) is 0 Å². The summed E-state index contributed by atoms with van der Waals surface area (Å²) in [5, 5.41) is 0. The fourth-order valence-corrected chi connectivity index (χ4v) is 2.51. The second kappa shape index (κ2) is 20.3. The second-order valence-corrected chi connectivity index (χ2v) is 6.40. The quantitative estimate of drug-likeness (QED) is 0.325. The SMILES string of the molecule is C=Cc1ccccc1.[CH2-]c1ccccc1.[K+].[K+].c1ccc([CH-]Cc2ccccc2)cc1. The molecule has 0 saturated heterocycles. The number of hydrogen-bond acceptors (Lipinski definition) is 0. The summed E-state index contributed by atoms with van der Waals surface area (Å²) < 4.78 is 0. The number of hydrogen-bond donors (Lipinski definition) is 0. The zero-order valence-electron chi connectivity index (χ0n) is 18.8. The van der Waals surface area contributed by atoms with Crippen LogP contribution in [0, 0.1) is 13.3 Å². The van der Waals surface area contributed by atoms with Crippen LogP contribution in [0.1, 0.15) is 22.3 Å². The first-order valence-corrected chi connectivity index (χ1v) is 9.74. The van der Waals surface area contributed by atoms with Crippen molar-refractivity contribution in [2.75, 3.05) is 0 Å². The van der Waals surface area contributed by atoms with Crippen LogP contribution in [0.25, 0.3) is 6.08 Å². The van der Waals surface area contributed by atoms with Crippen LogP contribution in [-0.2, 0) is 6.42 Å². The van der Waals surface area contributed by atoms with E-state index in [1.165, 1.54) is 16.7 Å². The zero-order valence-corrected chi connectivity index (χ0v) is 25.1. The van der Waals surface area contributed by atoms with Crippen molar-refractivity contribution in [3.63, 3.8) is 0 Å². The molecule has 4 aromatic carbocycles. The van der Waals surface area contributed by atoms with E-state index in [1.807, 2.05) is 78.9 Å². The van der Waals surface area contributed by atoms with Crippen LogP contribution < -0.4 is 103 Å². The van der Waals surface area contributed by atoms with E-state index in [-0.39, 0.29) is 103 Å². The monoisotopic (exact) mass is 454 g/mol. The molecule has 0 aliphatic carbocycles. The van der Waals surface area contributed by atoms with Crippen molar-refractivity contribution in [1.29, 1.82) is 0 Å². The van der Waals surface area contributed by atoms with Crippen molar-refractivity contribution in [3.8, 4) is 0 Å². The maximum atomic E-state index is 3.72. The maximum absolute atomic E-state index is 3.72. The van der Waals surface area contributed by atoms with Crippen LogP contribution in [-0.4, -0.2) is 0 Å². The largest absolute Gasteiger partial charge is 1.00 e. The average molecular weight is 455 g/mol. The first-order chi connectivity index (χ1) is 14.3. The molecule has 31 heavy (non-hydrogen) atoms.